The van der Waals surface area contributed by atoms with Gasteiger partial charge in [0.25, 0.3) is 0 Å². The van der Waals surface area contributed by atoms with Crippen molar-refractivity contribution in [3.8, 4) is 0 Å². The average Bonchev–Trinajstić information content (AvgIpc) is 2.89. The molecule has 122 valence electrons. The third kappa shape index (κ3) is 1.78. The van der Waals surface area contributed by atoms with Crippen LogP contribution in [0.5, 0.6) is 0 Å². The lowest BCUT2D eigenvalue weighted by Crippen LogP contribution is -2.50. The summed E-state index contributed by atoms with van der Waals surface area (Å²) in [5.74, 6) is 0.350. The highest BCUT2D eigenvalue weighted by molar-refractivity contribution is 5.99. The van der Waals surface area contributed by atoms with E-state index in [1.807, 2.05) is 13.8 Å². The van der Waals surface area contributed by atoms with Gasteiger partial charge in [0, 0.05) is 6.42 Å². The van der Waals surface area contributed by atoms with Crippen LogP contribution in [0.1, 0.15) is 40.5 Å². The van der Waals surface area contributed by atoms with Gasteiger partial charge in [0.2, 0.25) is 0 Å². The Bertz CT molecular complexity index is 586. The summed E-state index contributed by atoms with van der Waals surface area (Å²) in [7, 11) is 0. The standard InChI is InChI=1S/C16H22O6/c1-14(2)5-7(17)9-10(18)12-16(13(22-16)11(9)21-14)6-8(20-12)15(3,4)19/h8,10,12-13,18-19H,5-6H2,1-4H3. The van der Waals surface area contributed by atoms with Crippen molar-refractivity contribution < 1.29 is 29.2 Å². The number of hydrogen-bond acceptors (Lipinski definition) is 6. The lowest BCUT2D eigenvalue weighted by Gasteiger charge is -2.38. The van der Waals surface area contributed by atoms with Crippen LogP contribution in [0.4, 0.5) is 0 Å². The number of epoxide rings is 1. The smallest absolute Gasteiger partial charge is 0.169 e. The molecule has 4 rings (SSSR count). The highest BCUT2D eigenvalue weighted by Crippen LogP contribution is 2.60. The fourth-order valence-electron chi connectivity index (χ4n) is 4.00. The molecule has 6 nitrogen and oxygen atoms in total. The van der Waals surface area contributed by atoms with E-state index in [-0.39, 0.29) is 18.3 Å². The molecule has 5 atom stereocenters. The summed E-state index contributed by atoms with van der Waals surface area (Å²) in [6.45, 7) is 7.06. The number of carbonyl (C=O) groups is 1. The van der Waals surface area contributed by atoms with Gasteiger partial charge in [0.05, 0.1) is 23.7 Å². The van der Waals surface area contributed by atoms with E-state index in [0.717, 1.165) is 0 Å². The largest absolute Gasteiger partial charge is 0.488 e. The Morgan fingerprint density at radius 3 is 2.64 bits per heavy atom. The van der Waals surface area contributed by atoms with Crippen LogP contribution in [0.25, 0.3) is 0 Å². The Kier molecular flexibility index (Phi) is 2.61. The molecule has 0 saturated carbocycles. The van der Waals surface area contributed by atoms with E-state index in [4.69, 9.17) is 14.2 Å². The molecular weight excluding hydrogens is 288 g/mol. The Labute approximate surface area is 129 Å². The molecular formula is C16H22O6. The SMILES string of the molecule is CC1(C)CC(=O)C2=C(O1)C1OC13CC(C(C)(C)O)OC3C2O. The van der Waals surface area contributed by atoms with E-state index in [0.29, 0.717) is 17.8 Å². The third-order valence-corrected chi connectivity index (χ3v) is 5.17. The summed E-state index contributed by atoms with van der Waals surface area (Å²) >= 11 is 0. The molecule has 0 aromatic rings. The predicted octanol–water partition coefficient (Wildman–Crippen LogP) is 0.449. The molecule has 3 aliphatic heterocycles. The van der Waals surface area contributed by atoms with Crippen molar-refractivity contribution in [2.24, 2.45) is 0 Å². The predicted molar refractivity (Wildman–Crippen MR) is 75.0 cm³/mol. The first-order valence-corrected chi connectivity index (χ1v) is 7.75. The van der Waals surface area contributed by atoms with Gasteiger partial charge in [-0.1, -0.05) is 0 Å². The number of rotatable bonds is 1. The van der Waals surface area contributed by atoms with Crippen LogP contribution in [0.2, 0.25) is 0 Å². The van der Waals surface area contributed by atoms with Crippen molar-refractivity contribution in [1.82, 2.24) is 0 Å². The molecule has 2 fully saturated rings. The number of ether oxygens (including phenoxy) is 3. The van der Waals surface area contributed by atoms with Gasteiger partial charge in [-0.15, -0.1) is 0 Å². The summed E-state index contributed by atoms with van der Waals surface area (Å²) in [6, 6.07) is 0. The molecule has 4 aliphatic rings. The van der Waals surface area contributed by atoms with Gasteiger partial charge in [-0.25, -0.2) is 0 Å². The Balaban J connectivity index is 1.72. The molecule has 2 saturated heterocycles. The number of fused-ring (bicyclic) bond motifs is 1. The highest BCUT2D eigenvalue weighted by atomic mass is 16.7. The number of carbonyl (C=O) groups excluding carboxylic acids is 1. The van der Waals surface area contributed by atoms with Gasteiger partial charge < -0.3 is 24.4 Å². The van der Waals surface area contributed by atoms with Gasteiger partial charge in [-0.3, -0.25) is 4.79 Å². The summed E-state index contributed by atoms with van der Waals surface area (Å²) in [6.07, 6.45) is -1.78. The summed E-state index contributed by atoms with van der Waals surface area (Å²) in [4.78, 5) is 12.4. The maximum Gasteiger partial charge on any atom is 0.169 e. The van der Waals surface area contributed by atoms with Gasteiger partial charge in [0.15, 0.2) is 5.78 Å². The van der Waals surface area contributed by atoms with Gasteiger partial charge in [0.1, 0.15) is 35.3 Å². The summed E-state index contributed by atoms with van der Waals surface area (Å²) in [5.41, 5.74) is -2.01. The molecule has 0 amide bonds. The monoisotopic (exact) mass is 310 g/mol. The van der Waals surface area contributed by atoms with Gasteiger partial charge in [-0.05, 0) is 27.7 Å². The van der Waals surface area contributed by atoms with Crippen LogP contribution in [-0.4, -0.2) is 57.2 Å². The zero-order valence-corrected chi connectivity index (χ0v) is 13.3. The number of hydrogen-bond donors (Lipinski definition) is 2. The first-order chi connectivity index (χ1) is 10.1. The molecule has 0 radical (unpaired) electrons. The zero-order chi connectivity index (χ0) is 16.1. The molecule has 0 bridgehead atoms. The minimum Gasteiger partial charge on any atom is -0.488 e. The van der Waals surface area contributed by atoms with Crippen LogP contribution in [0, 0.1) is 0 Å². The van der Waals surface area contributed by atoms with Crippen LogP contribution in [0.3, 0.4) is 0 Å². The number of Topliss-reactive ketones (excluding diaryl/α,β-unsaturated/α-hetero) is 1. The Morgan fingerprint density at radius 2 is 2.00 bits per heavy atom. The van der Waals surface area contributed by atoms with Crippen molar-refractivity contribution >= 4 is 5.78 Å². The van der Waals surface area contributed by atoms with Crippen LogP contribution >= 0.6 is 0 Å². The van der Waals surface area contributed by atoms with E-state index in [9.17, 15) is 15.0 Å². The molecule has 0 aromatic heterocycles. The summed E-state index contributed by atoms with van der Waals surface area (Å²) in [5, 5.41) is 20.8. The third-order valence-electron chi connectivity index (χ3n) is 5.17. The van der Waals surface area contributed by atoms with Crippen molar-refractivity contribution in [2.75, 3.05) is 0 Å². The fraction of sp³-hybridized carbons (Fsp3) is 0.812. The summed E-state index contributed by atoms with van der Waals surface area (Å²) < 4.78 is 17.7. The minimum atomic E-state index is -1.07. The maximum absolute atomic E-state index is 12.4. The van der Waals surface area contributed by atoms with Crippen molar-refractivity contribution in [1.29, 1.82) is 0 Å². The van der Waals surface area contributed by atoms with E-state index in [1.165, 1.54) is 0 Å². The van der Waals surface area contributed by atoms with Crippen LogP contribution in [0.15, 0.2) is 11.3 Å². The number of aliphatic hydroxyl groups excluding tert-OH is 1. The molecule has 3 heterocycles. The first-order valence-electron chi connectivity index (χ1n) is 7.75. The molecule has 1 aliphatic carbocycles. The lowest BCUT2D eigenvalue weighted by molar-refractivity contribution is -0.131. The molecule has 2 N–H and O–H groups in total. The number of aliphatic hydroxyl groups is 2. The zero-order valence-electron chi connectivity index (χ0n) is 13.3. The molecule has 0 aromatic carbocycles. The Morgan fingerprint density at radius 1 is 1.32 bits per heavy atom. The van der Waals surface area contributed by atoms with Crippen LogP contribution in [-0.2, 0) is 19.0 Å². The molecule has 1 spiro atoms. The second-order valence-corrected chi connectivity index (χ2v) is 8.04. The van der Waals surface area contributed by atoms with Crippen LogP contribution < -0.4 is 0 Å². The molecule has 22 heavy (non-hydrogen) atoms. The van der Waals surface area contributed by atoms with Gasteiger partial charge >= 0.3 is 0 Å². The van der Waals surface area contributed by atoms with Crippen molar-refractivity contribution in [3.05, 3.63) is 11.3 Å². The normalized spacial score (nSPS) is 45.8. The van der Waals surface area contributed by atoms with E-state index >= 15 is 0 Å². The second kappa shape index (κ2) is 3.93. The maximum atomic E-state index is 12.4. The van der Waals surface area contributed by atoms with E-state index in [2.05, 4.69) is 0 Å². The van der Waals surface area contributed by atoms with Crippen molar-refractivity contribution in [2.45, 2.75) is 81.8 Å². The number of ketones is 1. The average molecular weight is 310 g/mol. The topological polar surface area (TPSA) is 88.5 Å². The van der Waals surface area contributed by atoms with Crippen molar-refractivity contribution in [3.63, 3.8) is 0 Å². The second-order valence-electron chi connectivity index (χ2n) is 8.04. The van der Waals surface area contributed by atoms with Gasteiger partial charge in [-0.2, -0.15) is 0 Å². The molecule has 6 heteroatoms. The minimum absolute atomic E-state index is 0.113. The highest BCUT2D eigenvalue weighted by Gasteiger charge is 2.75. The van der Waals surface area contributed by atoms with E-state index in [1.54, 1.807) is 13.8 Å². The quantitative estimate of drug-likeness (QED) is 0.684. The lowest BCUT2D eigenvalue weighted by atomic mass is 9.77. The fourth-order valence-corrected chi connectivity index (χ4v) is 4.00. The van der Waals surface area contributed by atoms with E-state index < -0.39 is 35.1 Å². The molecule has 5 unspecified atom stereocenters. The Hall–Kier alpha value is -0.950. The first kappa shape index (κ1) is 14.6.